The van der Waals surface area contributed by atoms with Gasteiger partial charge in [0.25, 0.3) is 0 Å². The van der Waals surface area contributed by atoms with Crippen LogP contribution in [-0.4, -0.2) is 107 Å². The van der Waals surface area contributed by atoms with Crippen molar-refractivity contribution >= 4 is 53.4 Å². The number of carbonyl (C=O) groups excluding carboxylic acids is 7. The lowest BCUT2D eigenvalue weighted by Crippen LogP contribution is -2.48. The fourth-order valence-corrected chi connectivity index (χ4v) is 11.3. The van der Waals surface area contributed by atoms with Crippen molar-refractivity contribution in [3.05, 3.63) is 29.3 Å². The summed E-state index contributed by atoms with van der Waals surface area (Å²) in [6.07, 6.45) is -1.81. The van der Waals surface area contributed by atoms with Crippen LogP contribution in [0.5, 0.6) is 5.75 Å². The van der Waals surface area contributed by atoms with Gasteiger partial charge in [0.2, 0.25) is 6.29 Å². The van der Waals surface area contributed by atoms with Crippen LogP contribution >= 0.6 is 0 Å². The number of Topliss-reactive ketones (excluding diaryl/α,β-unsaturated/α-hetero) is 2. The van der Waals surface area contributed by atoms with Crippen molar-refractivity contribution in [2.45, 2.75) is 160 Å². The molecule has 2 unspecified atom stereocenters. The molecule has 1 N–H and O–H groups in total. The maximum atomic E-state index is 13.1. The SMILES string of the molecule is CC(OC(=O)COCC(=O)OC(CC(=O)C=O)CC(=O)C=O)OC(=O)O[C@H]1CC[C@H]2[C@@H]3[C@H](CCCCCCCCC[S+]([O-])CCCC(F)(F)C(F)(F)F)Cc4cc(O)ccc4[C@H]3CC[C@]12C. The van der Waals surface area contributed by atoms with Crippen molar-refractivity contribution in [1.82, 2.24) is 0 Å². The fraction of sp³-hybridized carbons (Fsp3) is 0.717. The van der Waals surface area contributed by atoms with Crippen molar-refractivity contribution in [2.75, 3.05) is 24.7 Å². The molecule has 0 aliphatic heterocycles. The number of rotatable bonds is 28. The Hall–Kier alpha value is -4.17. The van der Waals surface area contributed by atoms with E-state index in [0.29, 0.717) is 24.7 Å². The second kappa shape index (κ2) is 25.3. The molecule has 1 aromatic carbocycles. The maximum absolute atomic E-state index is 13.1. The molecule has 8 atom stereocenters. The van der Waals surface area contributed by atoms with Gasteiger partial charge in [0.15, 0.2) is 24.1 Å². The van der Waals surface area contributed by atoms with E-state index >= 15 is 0 Å². The van der Waals surface area contributed by atoms with Crippen LogP contribution in [0.15, 0.2) is 18.2 Å². The number of benzene rings is 1. The van der Waals surface area contributed by atoms with Crippen LogP contribution in [0.3, 0.4) is 0 Å². The molecular weight excluding hydrogens is 904 g/mol. The lowest BCUT2D eigenvalue weighted by Gasteiger charge is -2.53. The van der Waals surface area contributed by atoms with Crippen LogP contribution in [0.1, 0.15) is 134 Å². The molecule has 370 valence electrons. The monoisotopic (exact) mass is 964 g/mol. The predicted molar refractivity (Wildman–Crippen MR) is 226 cm³/mol. The van der Waals surface area contributed by atoms with E-state index < -0.39 is 110 Å². The number of fused-ring (bicyclic) bond motifs is 5. The molecule has 2 fully saturated rings. The van der Waals surface area contributed by atoms with Crippen molar-refractivity contribution < 1.29 is 88.9 Å². The van der Waals surface area contributed by atoms with Crippen LogP contribution in [0, 0.1) is 23.2 Å². The average molecular weight is 965 g/mol. The molecule has 0 radical (unpaired) electrons. The van der Waals surface area contributed by atoms with Crippen molar-refractivity contribution in [1.29, 1.82) is 0 Å². The number of phenols is 1. The average Bonchev–Trinajstić information content (AvgIpc) is 3.56. The number of esters is 2. The summed E-state index contributed by atoms with van der Waals surface area (Å²) in [6.45, 7) is 1.89. The molecular formula is C46H61F5O14S. The Morgan fingerprint density at radius 2 is 1.45 bits per heavy atom. The van der Waals surface area contributed by atoms with Gasteiger partial charge in [0, 0.05) is 18.8 Å². The highest BCUT2D eigenvalue weighted by atomic mass is 32.2. The largest absolute Gasteiger partial charge is 0.616 e. The topological polar surface area (TPSA) is 209 Å². The molecule has 0 bridgehead atoms. The number of alkyl halides is 5. The molecule has 0 heterocycles. The summed E-state index contributed by atoms with van der Waals surface area (Å²) >= 11 is -1.44. The lowest BCUT2D eigenvalue weighted by molar-refractivity contribution is -0.284. The molecule has 0 spiro atoms. The van der Waals surface area contributed by atoms with E-state index in [0.717, 1.165) is 76.2 Å². The van der Waals surface area contributed by atoms with E-state index in [1.54, 1.807) is 6.07 Å². The maximum Gasteiger partial charge on any atom is 0.511 e. The quantitative estimate of drug-likeness (QED) is 0.0123. The molecule has 14 nitrogen and oxygen atoms in total. The van der Waals surface area contributed by atoms with Crippen LogP contribution < -0.4 is 0 Å². The molecule has 0 amide bonds. The number of halogens is 5. The Bertz CT molecular complexity index is 1810. The van der Waals surface area contributed by atoms with Gasteiger partial charge in [-0.15, -0.1) is 0 Å². The molecule has 0 aromatic heterocycles. The highest BCUT2D eigenvalue weighted by Crippen LogP contribution is 2.63. The van der Waals surface area contributed by atoms with Gasteiger partial charge in [-0.2, -0.15) is 22.0 Å². The van der Waals surface area contributed by atoms with Gasteiger partial charge in [-0.1, -0.05) is 56.3 Å². The minimum absolute atomic E-state index is 0.0200. The number of ether oxygens (including phenoxy) is 5. The number of aromatic hydroxyl groups is 1. The summed E-state index contributed by atoms with van der Waals surface area (Å²) < 4.78 is 102. The van der Waals surface area contributed by atoms with Crippen LogP contribution in [-0.2, 0) is 70.0 Å². The van der Waals surface area contributed by atoms with Gasteiger partial charge < -0.3 is 33.3 Å². The lowest BCUT2D eigenvalue weighted by atomic mass is 9.52. The fourth-order valence-electron chi connectivity index (χ4n) is 10.1. The first-order valence-corrected chi connectivity index (χ1v) is 24.1. The first-order chi connectivity index (χ1) is 31.2. The smallest absolute Gasteiger partial charge is 0.511 e. The standard InChI is InChI=1S/C46H61F5O14S/c1-29(62-40(57)27-61-28-41(58)64-35(23-33(55)25-52)24-34(56)26-53)63-43(59)65-39-15-14-38-42-30(21-31-22-32(54)12-13-36(31)37(42)16-18-44(38,39)2)11-8-6-4-3-5-7-9-19-66(60)20-10-17-45(47,48)46(49,50)51/h12-13,22,25-26,29-30,35,37-39,42,54H,3-11,14-21,23-24,27-28H2,1-2H3/t29?,30-,37-,38+,39+,42-,44+,66?/m1/s1. The summed E-state index contributed by atoms with van der Waals surface area (Å²) in [5.41, 5.74) is 2.05. The van der Waals surface area contributed by atoms with E-state index in [9.17, 15) is 65.2 Å². The zero-order valence-electron chi connectivity index (χ0n) is 37.3. The molecule has 66 heavy (non-hydrogen) atoms. The number of ketones is 2. The van der Waals surface area contributed by atoms with Crippen LogP contribution in [0.2, 0.25) is 0 Å². The summed E-state index contributed by atoms with van der Waals surface area (Å²) in [7, 11) is 0. The number of phenolic OH excluding ortho intramolecular Hbond substituents is 1. The van der Waals surface area contributed by atoms with Gasteiger partial charge in [-0.05, 0) is 105 Å². The molecule has 1 aromatic rings. The van der Waals surface area contributed by atoms with E-state index in [4.69, 9.17) is 23.7 Å². The molecule has 4 rings (SSSR count). The Morgan fingerprint density at radius 3 is 2.09 bits per heavy atom. The Labute approximate surface area is 383 Å². The van der Waals surface area contributed by atoms with E-state index in [-0.39, 0.29) is 47.1 Å². The first kappa shape index (κ1) is 54.4. The van der Waals surface area contributed by atoms with Crippen LogP contribution in [0.25, 0.3) is 0 Å². The van der Waals surface area contributed by atoms with Gasteiger partial charge in [-0.3, -0.25) is 19.2 Å². The number of aldehydes is 2. The Kier molecular flexibility index (Phi) is 20.8. The van der Waals surface area contributed by atoms with E-state index in [1.807, 2.05) is 12.1 Å². The summed E-state index contributed by atoms with van der Waals surface area (Å²) in [4.78, 5) is 81.7. The zero-order chi connectivity index (χ0) is 48.7. The van der Waals surface area contributed by atoms with Gasteiger partial charge in [0.1, 0.15) is 42.7 Å². The van der Waals surface area contributed by atoms with Gasteiger partial charge >= 0.3 is 30.2 Å². The highest BCUT2D eigenvalue weighted by molar-refractivity contribution is 7.91. The number of hydrogen-bond acceptors (Lipinski definition) is 14. The Morgan fingerprint density at radius 1 is 0.848 bits per heavy atom. The third-order valence-electron chi connectivity index (χ3n) is 13.2. The summed E-state index contributed by atoms with van der Waals surface area (Å²) in [5.74, 6) is -7.30. The normalized spacial score (nSPS) is 23.4. The van der Waals surface area contributed by atoms with E-state index in [1.165, 1.54) is 12.5 Å². The van der Waals surface area contributed by atoms with Crippen molar-refractivity contribution in [3.8, 4) is 5.75 Å². The third-order valence-corrected chi connectivity index (χ3v) is 14.7. The second-order valence-corrected chi connectivity index (χ2v) is 19.6. The third kappa shape index (κ3) is 16.0. The molecule has 0 saturated heterocycles. The summed E-state index contributed by atoms with van der Waals surface area (Å²) in [5, 5.41) is 10.4. The zero-order valence-corrected chi connectivity index (χ0v) is 38.1. The number of hydrogen-bond donors (Lipinski definition) is 1. The predicted octanol–water partition coefficient (Wildman–Crippen LogP) is 7.98. The van der Waals surface area contributed by atoms with Gasteiger partial charge in [0.05, 0.1) is 12.8 Å². The van der Waals surface area contributed by atoms with Crippen LogP contribution in [0.4, 0.5) is 26.7 Å². The number of unbranched alkanes of at least 4 members (excludes halogenated alkanes) is 6. The van der Waals surface area contributed by atoms with Crippen molar-refractivity contribution in [2.24, 2.45) is 23.2 Å². The highest BCUT2D eigenvalue weighted by Gasteiger charge is 2.59. The second-order valence-electron chi connectivity index (χ2n) is 17.9. The molecule has 20 heteroatoms. The molecule has 3 aliphatic rings. The minimum atomic E-state index is -5.60. The number of carbonyl (C=O) groups is 7. The Balaban J connectivity index is 1.20. The van der Waals surface area contributed by atoms with Crippen molar-refractivity contribution in [3.63, 3.8) is 0 Å². The molecule has 3 aliphatic carbocycles. The first-order valence-electron chi connectivity index (χ1n) is 22.6. The minimum Gasteiger partial charge on any atom is -0.616 e. The summed E-state index contributed by atoms with van der Waals surface area (Å²) in [6, 6.07) is 5.62. The van der Waals surface area contributed by atoms with E-state index in [2.05, 4.69) is 6.92 Å². The van der Waals surface area contributed by atoms with Gasteiger partial charge in [-0.25, -0.2) is 14.4 Å². The molecule has 2 saturated carbocycles.